The molecule has 0 N–H and O–H groups in total. The lowest BCUT2D eigenvalue weighted by Gasteiger charge is -2.09. The normalized spacial score (nSPS) is 15.8. The highest BCUT2D eigenvalue weighted by atomic mass is 15.3. The zero-order chi connectivity index (χ0) is 8.72. The number of aryl methyl sites for hydroxylation is 2. The van der Waals surface area contributed by atoms with E-state index < -0.39 is 0 Å². The summed E-state index contributed by atoms with van der Waals surface area (Å²) in [6, 6.07) is 0. The summed E-state index contributed by atoms with van der Waals surface area (Å²) in [5.41, 5.74) is 3.66. The molecular formula is C9H13N3. The minimum atomic E-state index is 1.05. The van der Waals surface area contributed by atoms with Gasteiger partial charge in [-0.1, -0.05) is 0 Å². The quantitative estimate of drug-likeness (QED) is 0.573. The first-order chi connectivity index (χ1) is 5.68. The zero-order valence-corrected chi connectivity index (χ0v) is 7.76. The highest BCUT2D eigenvalue weighted by Gasteiger charge is 2.16. The van der Waals surface area contributed by atoms with Gasteiger partial charge in [0.15, 0.2) is 5.82 Å². The Kier molecular flexibility index (Phi) is 1.53. The van der Waals surface area contributed by atoms with Gasteiger partial charge in [0, 0.05) is 18.3 Å². The van der Waals surface area contributed by atoms with Crippen LogP contribution >= 0.6 is 0 Å². The fraction of sp³-hybridized carbons (Fsp3) is 0.556. The summed E-state index contributed by atoms with van der Waals surface area (Å²) in [6.07, 6.45) is 2.18. The van der Waals surface area contributed by atoms with Crippen LogP contribution < -0.4 is 0 Å². The highest BCUT2D eigenvalue weighted by Crippen LogP contribution is 2.27. The molecule has 3 heteroatoms. The fourth-order valence-corrected chi connectivity index (χ4v) is 1.66. The van der Waals surface area contributed by atoms with Crippen LogP contribution in [-0.2, 0) is 13.5 Å². The molecule has 0 fully saturated rings. The Hall–Kier alpha value is -1.12. The average molecular weight is 163 g/mol. The van der Waals surface area contributed by atoms with Crippen molar-refractivity contribution in [1.82, 2.24) is 9.78 Å². The number of nitrogens with zero attached hydrogens (tertiary/aromatic N) is 3. The molecule has 64 valence electrons. The minimum Gasteiger partial charge on any atom is -0.250 e. The van der Waals surface area contributed by atoms with E-state index in [4.69, 9.17) is 0 Å². The molecule has 0 aliphatic carbocycles. The Morgan fingerprint density at radius 1 is 1.25 bits per heavy atom. The summed E-state index contributed by atoms with van der Waals surface area (Å²) in [6.45, 7) is 4.13. The van der Waals surface area contributed by atoms with E-state index in [-0.39, 0.29) is 0 Å². The third kappa shape index (κ3) is 0.967. The summed E-state index contributed by atoms with van der Waals surface area (Å²) in [7, 11) is 1.95. The maximum absolute atomic E-state index is 4.48. The second-order valence-corrected chi connectivity index (χ2v) is 3.36. The van der Waals surface area contributed by atoms with Gasteiger partial charge in [-0.2, -0.15) is 5.10 Å². The third-order valence-electron chi connectivity index (χ3n) is 2.35. The predicted molar refractivity (Wildman–Crippen MR) is 49.0 cm³/mol. The van der Waals surface area contributed by atoms with Gasteiger partial charge in [-0.25, -0.2) is 4.99 Å². The van der Waals surface area contributed by atoms with Gasteiger partial charge in [-0.3, -0.25) is 4.68 Å². The molecule has 0 spiro atoms. The molecule has 0 aromatic carbocycles. The molecular weight excluding hydrogens is 150 g/mol. The molecule has 3 nitrogen and oxygen atoms in total. The third-order valence-corrected chi connectivity index (χ3v) is 2.35. The zero-order valence-electron chi connectivity index (χ0n) is 7.76. The summed E-state index contributed by atoms with van der Waals surface area (Å²) < 4.78 is 1.87. The van der Waals surface area contributed by atoms with Crippen molar-refractivity contribution in [3.63, 3.8) is 0 Å². The summed E-state index contributed by atoms with van der Waals surface area (Å²) in [5, 5.41) is 4.34. The molecule has 2 heterocycles. The van der Waals surface area contributed by atoms with Crippen LogP contribution in [0.1, 0.15) is 24.6 Å². The van der Waals surface area contributed by atoms with E-state index in [1.54, 1.807) is 0 Å². The van der Waals surface area contributed by atoms with Gasteiger partial charge in [0.1, 0.15) is 0 Å². The van der Waals surface area contributed by atoms with Crippen molar-refractivity contribution < 1.29 is 0 Å². The van der Waals surface area contributed by atoms with Crippen molar-refractivity contribution in [3.05, 3.63) is 11.3 Å². The molecule has 0 radical (unpaired) electrons. The monoisotopic (exact) mass is 163 g/mol. The average Bonchev–Trinajstić information content (AvgIpc) is 2.28. The molecule has 0 atom stereocenters. The van der Waals surface area contributed by atoms with Gasteiger partial charge < -0.3 is 0 Å². The summed E-state index contributed by atoms with van der Waals surface area (Å²) in [4.78, 5) is 4.48. The molecule has 0 bridgehead atoms. The molecule has 0 saturated heterocycles. The Labute approximate surface area is 72.1 Å². The van der Waals surface area contributed by atoms with Crippen molar-refractivity contribution in [1.29, 1.82) is 0 Å². The molecule has 2 rings (SSSR count). The lowest BCUT2D eigenvalue weighted by molar-refractivity contribution is 0.757. The van der Waals surface area contributed by atoms with Crippen LogP contribution in [-0.4, -0.2) is 15.5 Å². The van der Waals surface area contributed by atoms with Gasteiger partial charge in [0.05, 0.1) is 5.69 Å². The van der Waals surface area contributed by atoms with E-state index in [1.807, 2.05) is 11.7 Å². The van der Waals surface area contributed by atoms with Crippen molar-refractivity contribution in [2.75, 3.05) is 0 Å². The highest BCUT2D eigenvalue weighted by molar-refractivity contribution is 5.86. The first-order valence-corrected chi connectivity index (χ1v) is 4.25. The SMILES string of the molecule is CC1=Nc2c(c(C)nn2C)CC1. The van der Waals surface area contributed by atoms with Crippen LogP contribution in [0.15, 0.2) is 4.99 Å². The van der Waals surface area contributed by atoms with Crippen LogP contribution in [0.5, 0.6) is 0 Å². The lowest BCUT2D eigenvalue weighted by Crippen LogP contribution is -2.02. The molecule has 1 aliphatic rings. The Bertz CT molecular complexity index is 347. The number of rotatable bonds is 0. The van der Waals surface area contributed by atoms with E-state index in [0.717, 1.165) is 24.4 Å². The standard InChI is InChI=1S/C9H13N3/c1-6-4-5-8-7(2)11-12(3)9(8)10-6/h4-5H2,1-3H3. The van der Waals surface area contributed by atoms with Crippen molar-refractivity contribution in [2.45, 2.75) is 26.7 Å². The van der Waals surface area contributed by atoms with Crippen molar-refractivity contribution in [2.24, 2.45) is 12.0 Å². The van der Waals surface area contributed by atoms with Crippen LogP contribution in [0.4, 0.5) is 5.82 Å². The molecule has 1 aliphatic heterocycles. The maximum Gasteiger partial charge on any atom is 0.153 e. The van der Waals surface area contributed by atoms with Gasteiger partial charge in [-0.15, -0.1) is 0 Å². The molecule has 0 saturated carbocycles. The number of aliphatic imine (C=N–C) groups is 1. The van der Waals surface area contributed by atoms with Gasteiger partial charge >= 0.3 is 0 Å². The molecule has 1 aromatic heterocycles. The second kappa shape index (κ2) is 2.44. The smallest absolute Gasteiger partial charge is 0.153 e. The first kappa shape index (κ1) is 7.53. The van der Waals surface area contributed by atoms with E-state index >= 15 is 0 Å². The molecule has 0 unspecified atom stereocenters. The van der Waals surface area contributed by atoms with E-state index in [9.17, 15) is 0 Å². The number of aromatic nitrogens is 2. The number of fused-ring (bicyclic) bond motifs is 1. The molecule has 1 aromatic rings. The topological polar surface area (TPSA) is 30.2 Å². The van der Waals surface area contributed by atoms with Crippen LogP contribution in [0, 0.1) is 6.92 Å². The predicted octanol–water partition coefficient (Wildman–Crippen LogP) is 1.77. The van der Waals surface area contributed by atoms with Gasteiger partial charge in [0.25, 0.3) is 0 Å². The lowest BCUT2D eigenvalue weighted by atomic mass is 10.1. The molecule has 0 amide bonds. The summed E-state index contributed by atoms with van der Waals surface area (Å²) in [5.74, 6) is 1.05. The van der Waals surface area contributed by atoms with E-state index in [0.29, 0.717) is 0 Å². The first-order valence-electron chi connectivity index (χ1n) is 4.25. The Morgan fingerprint density at radius 2 is 2.00 bits per heavy atom. The van der Waals surface area contributed by atoms with E-state index in [2.05, 4.69) is 23.9 Å². The fourth-order valence-electron chi connectivity index (χ4n) is 1.66. The van der Waals surface area contributed by atoms with Crippen LogP contribution in [0.3, 0.4) is 0 Å². The van der Waals surface area contributed by atoms with Crippen LogP contribution in [0.25, 0.3) is 0 Å². The second-order valence-electron chi connectivity index (χ2n) is 3.36. The van der Waals surface area contributed by atoms with Crippen LogP contribution in [0.2, 0.25) is 0 Å². The number of hydrogen-bond donors (Lipinski definition) is 0. The Balaban J connectivity index is 2.61. The molecule has 12 heavy (non-hydrogen) atoms. The van der Waals surface area contributed by atoms with E-state index in [1.165, 1.54) is 11.3 Å². The largest absolute Gasteiger partial charge is 0.250 e. The number of hydrogen-bond acceptors (Lipinski definition) is 2. The van der Waals surface area contributed by atoms with Gasteiger partial charge in [-0.05, 0) is 26.7 Å². The Morgan fingerprint density at radius 3 is 2.75 bits per heavy atom. The maximum atomic E-state index is 4.48. The van der Waals surface area contributed by atoms with Gasteiger partial charge in [0.2, 0.25) is 0 Å². The van der Waals surface area contributed by atoms with Crippen molar-refractivity contribution in [3.8, 4) is 0 Å². The van der Waals surface area contributed by atoms with Crippen molar-refractivity contribution >= 4 is 11.5 Å². The minimum absolute atomic E-state index is 1.05. The summed E-state index contributed by atoms with van der Waals surface area (Å²) >= 11 is 0.